The molecule has 1 saturated carbocycles. The fraction of sp³-hybridized carbons (Fsp3) is 0.800. The highest BCUT2D eigenvalue weighted by molar-refractivity contribution is 5.86. The van der Waals surface area contributed by atoms with Crippen molar-refractivity contribution in [3.05, 3.63) is 0 Å². The Morgan fingerprint density at radius 1 is 1.50 bits per heavy atom. The summed E-state index contributed by atoms with van der Waals surface area (Å²) in [5, 5.41) is 0. The average Bonchev–Trinajstić information content (AvgIpc) is 2.23. The molecule has 0 N–H and O–H groups in total. The van der Waals surface area contributed by atoms with Crippen molar-refractivity contribution < 1.29 is 14.6 Å². The lowest BCUT2D eigenvalue weighted by Crippen LogP contribution is -2.18. The number of hydrogen-bond donors (Lipinski definition) is 0. The molecule has 0 spiro atoms. The van der Waals surface area contributed by atoms with E-state index in [1.807, 2.05) is 0 Å². The van der Waals surface area contributed by atoms with Gasteiger partial charge in [-0.2, -0.15) is 0 Å². The molecule has 2 unspecified atom stereocenters. The lowest BCUT2D eigenvalue weighted by atomic mass is 10.3. The number of carbonyl (C=O) groups excluding carboxylic acids is 1. The minimum absolute atomic E-state index is 0.0764. The zero-order chi connectivity index (χ0) is 5.56. The van der Waals surface area contributed by atoms with Crippen molar-refractivity contribution in [3.8, 4) is 0 Å². The largest absolute Gasteiger partial charge is 0.297 e. The third-order valence-corrected chi connectivity index (χ3v) is 1.57. The lowest BCUT2D eigenvalue weighted by molar-refractivity contribution is -0.302. The van der Waals surface area contributed by atoms with Crippen LogP contribution in [0.15, 0.2) is 0 Å². The molecule has 2 fully saturated rings. The quantitative estimate of drug-likeness (QED) is 0.417. The van der Waals surface area contributed by atoms with Crippen LogP contribution in [0, 0.1) is 0 Å². The summed E-state index contributed by atoms with van der Waals surface area (Å²) in [6.07, 6.45) is 1.19. The molecule has 0 aromatic rings. The molecule has 1 aliphatic carbocycles. The first kappa shape index (κ1) is 4.47. The van der Waals surface area contributed by atoms with Gasteiger partial charge in [-0.05, 0) is 0 Å². The SMILES string of the molecule is O=C1CC2CC1OO2. The highest BCUT2D eigenvalue weighted by Crippen LogP contribution is 2.28. The second-order valence-corrected chi connectivity index (χ2v) is 2.21. The third-order valence-electron chi connectivity index (χ3n) is 1.57. The summed E-state index contributed by atoms with van der Waals surface area (Å²) >= 11 is 0. The van der Waals surface area contributed by atoms with Crippen molar-refractivity contribution in [2.45, 2.75) is 25.0 Å². The van der Waals surface area contributed by atoms with E-state index in [4.69, 9.17) is 4.89 Å². The average molecular weight is 114 g/mol. The van der Waals surface area contributed by atoms with Crippen LogP contribution in [0.2, 0.25) is 0 Å². The standard InChI is InChI=1S/C5H6O3/c6-4-1-3-2-5(4)8-7-3/h3,5H,1-2H2. The highest BCUT2D eigenvalue weighted by atomic mass is 17.2. The molecular weight excluding hydrogens is 108 g/mol. The summed E-state index contributed by atoms with van der Waals surface area (Å²) in [6.45, 7) is 0. The Labute approximate surface area is 46.5 Å². The summed E-state index contributed by atoms with van der Waals surface area (Å²) in [5.41, 5.74) is 0. The number of rotatable bonds is 0. The van der Waals surface area contributed by atoms with E-state index in [0.717, 1.165) is 6.42 Å². The van der Waals surface area contributed by atoms with Crippen LogP contribution in [0.4, 0.5) is 0 Å². The topological polar surface area (TPSA) is 35.5 Å². The van der Waals surface area contributed by atoms with Crippen molar-refractivity contribution in [2.24, 2.45) is 0 Å². The van der Waals surface area contributed by atoms with Crippen LogP contribution in [0.5, 0.6) is 0 Å². The summed E-state index contributed by atoms with van der Waals surface area (Å²) in [4.78, 5) is 19.9. The summed E-state index contributed by atoms with van der Waals surface area (Å²) in [7, 11) is 0. The van der Waals surface area contributed by atoms with Crippen LogP contribution in [0.3, 0.4) is 0 Å². The van der Waals surface area contributed by atoms with Gasteiger partial charge in [-0.15, -0.1) is 0 Å². The number of Topliss-reactive ketones (excluding diaryl/α,β-unsaturated/α-hetero) is 1. The molecule has 2 bridgehead atoms. The molecule has 0 aromatic carbocycles. The number of fused-ring (bicyclic) bond motifs is 2. The van der Waals surface area contributed by atoms with Crippen LogP contribution >= 0.6 is 0 Å². The van der Waals surface area contributed by atoms with Gasteiger partial charge < -0.3 is 0 Å². The zero-order valence-electron chi connectivity index (χ0n) is 4.29. The van der Waals surface area contributed by atoms with E-state index in [1.165, 1.54) is 0 Å². The van der Waals surface area contributed by atoms with Gasteiger partial charge >= 0.3 is 0 Å². The van der Waals surface area contributed by atoms with E-state index in [-0.39, 0.29) is 18.0 Å². The second-order valence-electron chi connectivity index (χ2n) is 2.21. The number of carbonyl (C=O) groups is 1. The van der Waals surface area contributed by atoms with Crippen LogP contribution in [-0.2, 0) is 14.6 Å². The normalized spacial score (nSPS) is 43.8. The Balaban J connectivity index is 2.22. The predicted octanol–water partition coefficient (Wildman–Crippen LogP) is 0.0483. The summed E-state index contributed by atoms with van der Waals surface area (Å²) in [6, 6.07) is 0. The van der Waals surface area contributed by atoms with E-state index < -0.39 is 0 Å². The van der Waals surface area contributed by atoms with Crippen molar-refractivity contribution >= 4 is 5.78 Å². The minimum Gasteiger partial charge on any atom is -0.297 e. The van der Waals surface area contributed by atoms with Gasteiger partial charge in [-0.3, -0.25) is 4.79 Å². The van der Waals surface area contributed by atoms with Gasteiger partial charge in [0.2, 0.25) is 0 Å². The monoisotopic (exact) mass is 114 g/mol. The maximum absolute atomic E-state index is 10.6. The molecule has 2 aliphatic rings. The van der Waals surface area contributed by atoms with Crippen molar-refractivity contribution in [1.29, 1.82) is 0 Å². The van der Waals surface area contributed by atoms with E-state index in [1.54, 1.807) is 0 Å². The van der Waals surface area contributed by atoms with Gasteiger partial charge in [0.1, 0.15) is 6.10 Å². The van der Waals surface area contributed by atoms with E-state index in [2.05, 4.69) is 4.89 Å². The predicted molar refractivity (Wildman–Crippen MR) is 24.0 cm³/mol. The van der Waals surface area contributed by atoms with Crippen molar-refractivity contribution in [1.82, 2.24) is 0 Å². The van der Waals surface area contributed by atoms with Gasteiger partial charge in [0, 0.05) is 12.8 Å². The van der Waals surface area contributed by atoms with Crippen LogP contribution in [0.25, 0.3) is 0 Å². The smallest absolute Gasteiger partial charge is 0.167 e. The molecule has 1 saturated heterocycles. The van der Waals surface area contributed by atoms with E-state index in [9.17, 15) is 4.79 Å². The summed E-state index contributed by atoms with van der Waals surface area (Å²) < 4.78 is 0. The molecule has 3 nitrogen and oxygen atoms in total. The maximum atomic E-state index is 10.6. The van der Waals surface area contributed by atoms with Gasteiger partial charge in [-0.1, -0.05) is 0 Å². The van der Waals surface area contributed by atoms with Gasteiger partial charge in [0.25, 0.3) is 0 Å². The Hall–Kier alpha value is -0.410. The second kappa shape index (κ2) is 1.30. The highest BCUT2D eigenvalue weighted by Gasteiger charge is 2.41. The first-order chi connectivity index (χ1) is 3.86. The van der Waals surface area contributed by atoms with Gasteiger partial charge in [0.05, 0.1) is 0 Å². The van der Waals surface area contributed by atoms with Crippen LogP contribution < -0.4 is 0 Å². The maximum Gasteiger partial charge on any atom is 0.167 e. The first-order valence-electron chi connectivity index (χ1n) is 2.71. The zero-order valence-corrected chi connectivity index (χ0v) is 4.29. The minimum atomic E-state index is -0.222. The molecule has 1 heterocycles. The lowest BCUT2D eigenvalue weighted by Gasteiger charge is -2.06. The Morgan fingerprint density at radius 3 is 2.62 bits per heavy atom. The molecule has 2 rings (SSSR count). The molecule has 1 aliphatic heterocycles. The Morgan fingerprint density at radius 2 is 2.38 bits per heavy atom. The Kier molecular flexibility index (Phi) is 0.725. The Bertz CT molecular complexity index is 132. The first-order valence-corrected chi connectivity index (χ1v) is 2.71. The van der Waals surface area contributed by atoms with Crippen molar-refractivity contribution in [2.75, 3.05) is 0 Å². The van der Waals surface area contributed by atoms with Crippen LogP contribution in [0.1, 0.15) is 12.8 Å². The number of ketones is 1. The van der Waals surface area contributed by atoms with Gasteiger partial charge in [0.15, 0.2) is 11.9 Å². The number of hydrogen-bond acceptors (Lipinski definition) is 3. The fourth-order valence-electron chi connectivity index (χ4n) is 1.12. The molecule has 3 heteroatoms. The van der Waals surface area contributed by atoms with Crippen LogP contribution in [-0.4, -0.2) is 18.0 Å². The van der Waals surface area contributed by atoms with Gasteiger partial charge in [-0.25, -0.2) is 9.78 Å². The molecule has 0 radical (unpaired) electrons. The molecule has 44 valence electrons. The molecule has 0 aromatic heterocycles. The van der Waals surface area contributed by atoms with Crippen molar-refractivity contribution in [3.63, 3.8) is 0 Å². The molecular formula is C5H6O3. The van der Waals surface area contributed by atoms with E-state index >= 15 is 0 Å². The third kappa shape index (κ3) is 0.428. The molecule has 0 amide bonds. The molecule has 8 heavy (non-hydrogen) atoms. The molecule has 2 atom stereocenters. The fourth-order valence-corrected chi connectivity index (χ4v) is 1.12. The summed E-state index contributed by atoms with van der Waals surface area (Å²) in [5.74, 6) is 0.196. The van der Waals surface area contributed by atoms with E-state index in [0.29, 0.717) is 6.42 Å².